The average Bonchev–Trinajstić information content (AvgIpc) is 2.95. The maximum Gasteiger partial charge on any atom is 0.175 e. The van der Waals surface area contributed by atoms with Gasteiger partial charge in [0.25, 0.3) is 0 Å². The first-order valence-corrected chi connectivity index (χ1v) is 8.54. The van der Waals surface area contributed by atoms with Gasteiger partial charge in [-0.15, -0.1) is 0 Å². The second-order valence-corrected chi connectivity index (χ2v) is 7.26. The molecule has 1 N–H and O–H groups in total. The van der Waals surface area contributed by atoms with E-state index in [1.54, 1.807) is 26.0 Å². The molecule has 1 aromatic heterocycles. The molecule has 2 heterocycles. The summed E-state index contributed by atoms with van der Waals surface area (Å²) < 4.78 is 14.9. The van der Waals surface area contributed by atoms with E-state index in [1.807, 2.05) is 31.2 Å². The molecule has 24 heavy (non-hydrogen) atoms. The van der Waals surface area contributed by atoms with Crippen molar-refractivity contribution in [1.29, 1.82) is 0 Å². The van der Waals surface area contributed by atoms with Gasteiger partial charge in [0, 0.05) is 12.1 Å². The number of hydrogen-bond donors (Lipinski definition) is 1. The molecule has 6 heteroatoms. The SMILES string of the molecule is Cc1ccc(C2CC(Br)=NO2)nc1Nc1cccc(C(C)(C)F)c1. The number of nitrogens with one attached hydrogen (secondary N) is 1. The van der Waals surface area contributed by atoms with Gasteiger partial charge in [-0.3, -0.25) is 0 Å². The molecule has 0 bridgehead atoms. The third kappa shape index (κ3) is 3.75. The number of nitrogens with zero attached hydrogens (tertiary/aromatic N) is 2. The molecule has 1 aromatic carbocycles. The molecule has 0 saturated heterocycles. The molecule has 0 radical (unpaired) electrons. The van der Waals surface area contributed by atoms with Gasteiger partial charge in [0.15, 0.2) is 6.10 Å². The van der Waals surface area contributed by atoms with Crippen LogP contribution in [0.1, 0.15) is 43.2 Å². The number of pyridine rings is 1. The van der Waals surface area contributed by atoms with Crippen molar-refractivity contribution in [3.05, 3.63) is 53.2 Å². The molecule has 0 amide bonds. The predicted molar refractivity (Wildman–Crippen MR) is 97.6 cm³/mol. The molecule has 126 valence electrons. The number of aryl methyl sites for hydroxylation is 1. The van der Waals surface area contributed by atoms with Gasteiger partial charge < -0.3 is 10.2 Å². The van der Waals surface area contributed by atoms with Crippen molar-refractivity contribution in [3.63, 3.8) is 0 Å². The van der Waals surface area contributed by atoms with E-state index >= 15 is 0 Å². The standard InChI is InChI=1S/C18H19BrFN3O/c1-11-7-8-14(15-10-16(19)23-24-15)22-17(11)21-13-6-4-5-12(9-13)18(2,3)20/h4-9,15H,10H2,1-3H3,(H,21,22). The molecular weight excluding hydrogens is 373 g/mol. The Balaban J connectivity index is 1.85. The fourth-order valence-corrected chi connectivity index (χ4v) is 2.84. The van der Waals surface area contributed by atoms with Crippen molar-refractivity contribution in [2.24, 2.45) is 5.16 Å². The Morgan fingerprint density at radius 3 is 2.75 bits per heavy atom. The van der Waals surface area contributed by atoms with Crippen LogP contribution in [0, 0.1) is 6.92 Å². The first kappa shape index (κ1) is 16.9. The summed E-state index contributed by atoms with van der Waals surface area (Å²) in [6, 6.07) is 11.2. The van der Waals surface area contributed by atoms with Crippen LogP contribution in [-0.2, 0) is 10.5 Å². The lowest BCUT2D eigenvalue weighted by molar-refractivity contribution is 0.0827. The van der Waals surface area contributed by atoms with Gasteiger partial charge in [-0.1, -0.05) is 23.4 Å². The minimum atomic E-state index is -1.39. The number of aromatic nitrogens is 1. The zero-order valence-corrected chi connectivity index (χ0v) is 15.4. The summed E-state index contributed by atoms with van der Waals surface area (Å²) in [4.78, 5) is 10.0. The summed E-state index contributed by atoms with van der Waals surface area (Å²) in [5, 5.41) is 7.18. The minimum Gasteiger partial charge on any atom is -0.385 e. The molecule has 1 aliphatic heterocycles. The monoisotopic (exact) mass is 391 g/mol. The molecule has 4 nitrogen and oxygen atoms in total. The second-order valence-electron chi connectivity index (χ2n) is 6.35. The smallest absolute Gasteiger partial charge is 0.175 e. The average molecular weight is 392 g/mol. The summed E-state index contributed by atoms with van der Waals surface area (Å²) in [7, 11) is 0. The van der Waals surface area contributed by atoms with Crippen LogP contribution in [-0.4, -0.2) is 9.60 Å². The number of oxime groups is 1. The Hall–Kier alpha value is -1.95. The van der Waals surface area contributed by atoms with Crippen LogP contribution in [0.3, 0.4) is 0 Å². The highest BCUT2D eigenvalue weighted by Crippen LogP contribution is 2.31. The van der Waals surface area contributed by atoms with E-state index in [2.05, 4.69) is 31.4 Å². The van der Waals surface area contributed by atoms with Crippen LogP contribution in [0.15, 0.2) is 41.6 Å². The van der Waals surface area contributed by atoms with E-state index in [0.29, 0.717) is 12.0 Å². The maximum atomic E-state index is 14.1. The summed E-state index contributed by atoms with van der Waals surface area (Å²) in [5.74, 6) is 0.730. The zero-order chi connectivity index (χ0) is 17.3. The fourth-order valence-electron chi connectivity index (χ4n) is 2.46. The summed E-state index contributed by atoms with van der Waals surface area (Å²) >= 11 is 3.34. The predicted octanol–water partition coefficient (Wildman–Crippen LogP) is 5.51. The normalized spacial score (nSPS) is 17.4. The molecule has 1 aliphatic rings. The molecule has 0 spiro atoms. The van der Waals surface area contributed by atoms with Gasteiger partial charge in [0.1, 0.15) is 16.1 Å². The summed E-state index contributed by atoms with van der Waals surface area (Å²) in [6.07, 6.45) is 0.484. The number of benzene rings is 1. The lowest BCUT2D eigenvalue weighted by Gasteiger charge is -2.17. The number of anilines is 2. The number of hydrogen-bond acceptors (Lipinski definition) is 4. The highest BCUT2D eigenvalue weighted by molar-refractivity contribution is 9.18. The van der Waals surface area contributed by atoms with E-state index in [-0.39, 0.29) is 6.10 Å². The van der Waals surface area contributed by atoms with Crippen molar-refractivity contribution < 1.29 is 9.23 Å². The maximum absolute atomic E-state index is 14.1. The largest absolute Gasteiger partial charge is 0.385 e. The lowest BCUT2D eigenvalue weighted by Crippen LogP contribution is -2.09. The Morgan fingerprint density at radius 2 is 2.08 bits per heavy atom. The Kier molecular flexibility index (Phi) is 4.58. The molecule has 3 rings (SSSR count). The first-order chi connectivity index (χ1) is 11.3. The van der Waals surface area contributed by atoms with E-state index in [0.717, 1.165) is 27.4 Å². The van der Waals surface area contributed by atoms with E-state index in [1.165, 1.54) is 0 Å². The Morgan fingerprint density at radius 1 is 1.29 bits per heavy atom. The van der Waals surface area contributed by atoms with Crippen LogP contribution in [0.25, 0.3) is 0 Å². The Labute approximate surface area is 149 Å². The third-order valence-corrected chi connectivity index (χ3v) is 4.36. The first-order valence-electron chi connectivity index (χ1n) is 7.75. The Bertz CT molecular complexity index is 786. The van der Waals surface area contributed by atoms with E-state index < -0.39 is 5.67 Å². The van der Waals surface area contributed by atoms with E-state index in [4.69, 9.17) is 4.84 Å². The van der Waals surface area contributed by atoms with Crippen LogP contribution in [0.2, 0.25) is 0 Å². The lowest BCUT2D eigenvalue weighted by atomic mass is 10.00. The fraction of sp³-hybridized carbons (Fsp3) is 0.333. The van der Waals surface area contributed by atoms with E-state index in [9.17, 15) is 4.39 Å². The van der Waals surface area contributed by atoms with Crippen LogP contribution in [0.5, 0.6) is 0 Å². The number of halogens is 2. The van der Waals surface area contributed by atoms with Crippen molar-refractivity contribution >= 4 is 32.1 Å². The summed E-state index contributed by atoms with van der Waals surface area (Å²) in [5.41, 5.74) is 1.85. The quantitative estimate of drug-likeness (QED) is 0.747. The van der Waals surface area contributed by atoms with Crippen molar-refractivity contribution in [1.82, 2.24) is 4.98 Å². The zero-order valence-electron chi connectivity index (χ0n) is 13.8. The molecule has 0 aliphatic carbocycles. The van der Waals surface area contributed by atoms with Crippen molar-refractivity contribution in [3.8, 4) is 0 Å². The molecule has 0 fully saturated rings. The van der Waals surface area contributed by atoms with Crippen molar-refractivity contribution in [2.75, 3.05) is 5.32 Å². The molecule has 2 aromatic rings. The minimum absolute atomic E-state index is 0.184. The molecule has 0 saturated carbocycles. The van der Waals surface area contributed by atoms with Gasteiger partial charge in [-0.05, 0) is 66.0 Å². The number of rotatable bonds is 4. The van der Waals surface area contributed by atoms with Gasteiger partial charge in [-0.2, -0.15) is 0 Å². The second kappa shape index (κ2) is 6.51. The van der Waals surface area contributed by atoms with Gasteiger partial charge >= 0.3 is 0 Å². The molecular formula is C18H19BrFN3O. The third-order valence-electron chi connectivity index (χ3n) is 3.89. The van der Waals surface area contributed by atoms with Crippen LogP contribution in [0.4, 0.5) is 15.9 Å². The van der Waals surface area contributed by atoms with Crippen LogP contribution >= 0.6 is 15.9 Å². The molecule has 1 unspecified atom stereocenters. The number of alkyl halides is 1. The highest BCUT2D eigenvalue weighted by atomic mass is 79.9. The molecule has 1 atom stereocenters. The van der Waals surface area contributed by atoms with Crippen molar-refractivity contribution in [2.45, 2.75) is 39.0 Å². The van der Waals surface area contributed by atoms with Gasteiger partial charge in [0.2, 0.25) is 0 Å². The van der Waals surface area contributed by atoms with Crippen LogP contribution < -0.4 is 5.32 Å². The highest BCUT2D eigenvalue weighted by Gasteiger charge is 2.23. The van der Waals surface area contributed by atoms with Gasteiger partial charge in [-0.25, -0.2) is 9.37 Å². The summed E-state index contributed by atoms with van der Waals surface area (Å²) in [6.45, 7) is 5.07. The van der Waals surface area contributed by atoms with Gasteiger partial charge in [0.05, 0.1) is 5.69 Å². The topological polar surface area (TPSA) is 46.5 Å².